The molecule has 5 heteroatoms. The molecule has 1 saturated carbocycles. The number of nitrogens with two attached hydrogens (primary N) is 1. The van der Waals surface area contributed by atoms with Gasteiger partial charge in [-0.15, -0.1) is 0 Å². The minimum atomic E-state index is -0.498. The Morgan fingerprint density at radius 2 is 2.10 bits per heavy atom. The van der Waals surface area contributed by atoms with E-state index < -0.39 is 5.54 Å². The summed E-state index contributed by atoms with van der Waals surface area (Å²) in [5.41, 5.74) is 5.15. The van der Waals surface area contributed by atoms with E-state index in [1.54, 1.807) is 0 Å². The van der Waals surface area contributed by atoms with Gasteiger partial charge in [-0.2, -0.15) is 0 Å². The highest BCUT2D eigenvalue weighted by Gasteiger charge is 2.44. The molecule has 4 atom stereocenters. The van der Waals surface area contributed by atoms with Gasteiger partial charge in [0.05, 0.1) is 5.54 Å². The summed E-state index contributed by atoms with van der Waals surface area (Å²) >= 11 is 0. The first kappa shape index (κ1) is 15.7. The smallest absolute Gasteiger partial charge is 0.237 e. The molecule has 4 unspecified atom stereocenters. The summed E-state index contributed by atoms with van der Waals surface area (Å²) in [5.74, 6) is 0.491. The number of rotatable bonds is 4. The van der Waals surface area contributed by atoms with E-state index in [1.807, 2.05) is 7.05 Å². The molecule has 0 aromatic rings. The highest BCUT2D eigenvalue weighted by molar-refractivity contribution is 5.84. The number of nitrogens with one attached hydrogen (secondary N) is 1. The molecule has 1 aliphatic heterocycles. The summed E-state index contributed by atoms with van der Waals surface area (Å²) in [6, 6.07) is 1.10. The van der Waals surface area contributed by atoms with Crippen molar-refractivity contribution in [1.29, 1.82) is 0 Å². The molecule has 1 aliphatic carbocycles. The maximum absolute atomic E-state index is 11.8. The zero-order valence-electron chi connectivity index (χ0n) is 13.4. The van der Waals surface area contributed by atoms with Gasteiger partial charge in [0.2, 0.25) is 5.91 Å². The summed E-state index contributed by atoms with van der Waals surface area (Å²) < 4.78 is 0. The maximum atomic E-state index is 11.8. The van der Waals surface area contributed by atoms with Crippen LogP contribution < -0.4 is 11.1 Å². The fourth-order valence-corrected chi connectivity index (χ4v) is 4.09. The van der Waals surface area contributed by atoms with E-state index in [9.17, 15) is 4.79 Å². The van der Waals surface area contributed by atoms with Crippen molar-refractivity contribution >= 4 is 5.91 Å². The number of amides is 1. The molecule has 5 nitrogen and oxygen atoms in total. The fourth-order valence-electron chi connectivity index (χ4n) is 4.09. The first-order chi connectivity index (χ1) is 9.39. The van der Waals surface area contributed by atoms with Crippen molar-refractivity contribution in [2.45, 2.75) is 50.2 Å². The van der Waals surface area contributed by atoms with Crippen LogP contribution in [0.25, 0.3) is 0 Å². The SMILES string of the molecule is CNC1(C(N)=O)CCCC(N2CC(C)C(N(C)C)C2)C1. The van der Waals surface area contributed by atoms with Gasteiger partial charge >= 0.3 is 0 Å². The van der Waals surface area contributed by atoms with Crippen molar-refractivity contribution in [2.24, 2.45) is 11.7 Å². The van der Waals surface area contributed by atoms with Gasteiger partial charge in [0, 0.05) is 25.2 Å². The van der Waals surface area contributed by atoms with Crippen molar-refractivity contribution < 1.29 is 4.79 Å². The van der Waals surface area contributed by atoms with Gasteiger partial charge in [-0.3, -0.25) is 9.69 Å². The van der Waals surface area contributed by atoms with Crippen LogP contribution in [-0.4, -0.2) is 67.6 Å². The van der Waals surface area contributed by atoms with E-state index in [0.717, 1.165) is 32.4 Å². The van der Waals surface area contributed by atoms with E-state index in [1.165, 1.54) is 6.42 Å². The number of likely N-dealkylation sites (N-methyl/N-ethyl adjacent to an activating group) is 2. The Morgan fingerprint density at radius 3 is 2.60 bits per heavy atom. The quantitative estimate of drug-likeness (QED) is 0.776. The summed E-state index contributed by atoms with van der Waals surface area (Å²) in [6.07, 6.45) is 3.98. The van der Waals surface area contributed by atoms with Crippen LogP contribution >= 0.6 is 0 Å². The number of nitrogens with zero attached hydrogens (tertiary/aromatic N) is 2. The number of carbonyl (C=O) groups excluding carboxylic acids is 1. The van der Waals surface area contributed by atoms with Crippen molar-refractivity contribution in [3.63, 3.8) is 0 Å². The third kappa shape index (κ3) is 2.85. The number of carbonyl (C=O) groups is 1. The topological polar surface area (TPSA) is 61.6 Å². The second-order valence-corrected chi connectivity index (χ2v) is 6.91. The fraction of sp³-hybridized carbons (Fsp3) is 0.933. The Labute approximate surface area is 122 Å². The van der Waals surface area contributed by atoms with Crippen molar-refractivity contribution in [3.8, 4) is 0 Å². The first-order valence-electron chi connectivity index (χ1n) is 7.79. The normalized spacial score (nSPS) is 39.4. The lowest BCUT2D eigenvalue weighted by molar-refractivity contribution is -0.126. The molecule has 0 bridgehead atoms. The standard InChI is InChI=1S/C15H30N4O/c1-11-9-19(10-13(11)18(3)4)12-6-5-7-15(8-12,17-2)14(16)20/h11-13,17H,5-10H2,1-4H3,(H2,16,20). The van der Waals surface area contributed by atoms with Crippen molar-refractivity contribution in [1.82, 2.24) is 15.1 Å². The molecule has 1 amide bonds. The predicted octanol–water partition coefficient (Wildman–Crippen LogP) is 0.254. The summed E-state index contributed by atoms with van der Waals surface area (Å²) in [4.78, 5) is 16.7. The predicted molar refractivity (Wildman–Crippen MR) is 81.5 cm³/mol. The highest BCUT2D eigenvalue weighted by Crippen LogP contribution is 2.34. The van der Waals surface area contributed by atoms with Gasteiger partial charge in [-0.05, 0) is 52.7 Å². The average Bonchev–Trinajstić information content (AvgIpc) is 2.81. The molecule has 0 aromatic heterocycles. The van der Waals surface area contributed by atoms with Gasteiger partial charge in [-0.1, -0.05) is 6.92 Å². The van der Waals surface area contributed by atoms with E-state index >= 15 is 0 Å². The Kier molecular flexibility index (Phi) is 4.72. The largest absolute Gasteiger partial charge is 0.368 e. The van der Waals surface area contributed by atoms with Crippen LogP contribution in [0.2, 0.25) is 0 Å². The van der Waals surface area contributed by atoms with Crippen LogP contribution in [0, 0.1) is 5.92 Å². The zero-order chi connectivity index (χ0) is 14.9. The molecule has 1 heterocycles. The van der Waals surface area contributed by atoms with Gasteiger partial charge < -0.3 is 16.0 Å². The number of hydrogen-bond acceptors (Lipinski definition) is 4. The molecular formula is C15H30N4O. The lowest BCUT2D eigenvalue weighted by atomic mass is 9.78. The van der Waals surface area contributed by atoms with Crippen molar-refractivity contribution in [2.75, 3.05) is 34.2 Å². The third-order valence-corrected chi connectivity index (χ3v) is 5.46. The molecule has 3 N–H and O–H groups in total. The van der Waals surface area contributed by atoms with Crippen LogP contribution in [-0.2, 0) is 4.79 Å². The van der Waals surface area contributed by atoms with Crippen LogP contribution in [0.5, 0.6) is 0 Å². The van der Waals surface area contributed by atoms with Crippen LogP contribution in [0.1, 0.15) is 32.6 Å². The summed E-state index contributed by atoms with van der Waals surface area (Å²) in [7, 11) is 6.18. The lowest BCUT2D eigenvalue weighted by Gasteiger charge is -2.42. The summed E-state index contributed by atoms with van der Waals surface area (Å²) in [6.45, 7) is 4.57. The van der Waals surface area contributed by atoms with Crippen LogP contribution in [0.4, 0.5) is 0 Å². The van der Waals surface area contributed by atoms with E-state index in [-0.39, 0.29) is 5.91 Å². The zero-order valence-corrected chi connectivity index (χ0v) is 13.4. The molecule has 0 spiro atoms. The maximum Gasteiger partial charge on any atom is 0.237 e. The highest BCUT2D eigenvalue weighted by atomic mass is 16.1. The molecule has 2 aliphatic rings. The molecule has 1 saturated heterocycles. The Balaban J connectivity index is 2.05. The lowest BCUT2D eigenvalue weighted by Crippen LogP contribution is -2.59. The first-order valence-corrected chi connectivity index (χ1v) is 7.79. The molecule has 0 radical (unpaired) electrons. The Bertz CT molecular complexity index is 360. The molecule has 116 valence electrons. The second kappa shape index (κ2) is 6.00. The van der Waals surface area contributed by atoms with Crippen LogP contribution in [0.3, 0.4) is 0 Å². The Hall–Kier alpha value is -0.650. The molecule has 2 fully saturated rings. The number of likely N-dealkylation sites (tertiary alicyclic amines) is 1. The minimum Gasteiger partial charge on any atom is -0.368 e. The average molecular weight is 282 g/mol. The monoisotopic (exact) mass is 282 g/mol. The van der Waals surface area contributed by atoms with Gasteiger partial charge in [0.15, 0.2) is 0 Å². The molecule has 0 aromatic carbocycles. The van der Waals surface area contributed by atoms with E-state index in [2.05, 4.69) is 36.1 Å². The summed E-state index contributed by atoms with van der Waals surface area (Å²) in [5, 5.41) is 3.20. The van der Waals surface area contributed by atoms with Crippen molar-refractivity contribution in [3.05, 3.63) is 0 Å². The Morgan fingerprint density at radius 1 is 1.40 bits per heavy atom. The minimum absolute atomic E-state index is 0.193. The van der Waals surface area contributed by atoms with Gasteiger partial charge in [-0.25, -0.2) is 0 Å². The number of hydrogen-bond donors (Lipinski definition) is 2. The molecule has 20 heavy (non-hydrogen) atoms. The number of primary amides is 1. The van der Waals surface area contributed by atoms with E-state index in [0.29, 0.717) is 18.0 Å². The third-order valence-electron chi connectivity index (χ3n) is 5.46. The van der Waals surface area contributed by atoms with Gasteiger partial charge in [0.25, 0.3) is 0 Å². The van der Waals surface area contributed by atoms with Gasteiger partial charge in [0.1, 0.15) is 0 Å². The second-order valence-electron chi connectivity index (χ2n) is 6.91. The van der Waals surface area contributed by atoms with Crippen LogP contribution in [0.15, 0.2) is 0 Å². The molecule has 2 rings (SSSR count). The van der Waals surface area contributed by atoms with E-state index in [4.69, 9.17) is 5.73 Å². The molecular weight excluding hydrogens is 252 g/mol.